The molecule has 1 aromatic carbocycles. The summed E-state index contributed by atoms with van der Waals surface area (Å²) in [5.74, 6) is -0.226. The first-order valence-corrected chi connectivity index (χ1v) is 6.31. The zero-order valence-corrected chi connectivity index (χ0v) is 11.8. The van der Waals surface area contributed by atoms with Crippen LogP contribution < -0.4 is 4.90 Å². The standard InChI is InChI=1S/C14H10BrN3O/c1-18(13-5-3-2-4-11(13)15)14(19)12-7-6-10(8-16)9-17-12/h2-7,9H,1H3. The van der Waals surface area contributed by atoms with Crippen molar-refractivity contribution in [1.29, 1.82) is 5.26 Å². The van der Waals surface area contributed by atoms with E-state index in [9.17, 15) is 4.79 Å². The van der Waals surface area contributed by atoms with E-state index in [0.717, 1.165) is 10.2 Å². The Kier molecular flexibility index (Phi) is 3.93. The Hall–Kier alpha value is -2.19. The molecule has 2 aromatic rings. The molecule has 1 amide bonds. The summed E-state index contributed by atoms with van der Waals surface area (Å²) in [5.41, 5.74) is 1.50. The third kappa shape index (κ3) is 2.80. The molecule has 0 N–H and O–H groups in total. The summed E-state index contributed by atoms with van der Waals surface area (Å²) < 4.78 is 0.833. The van der Waals surface area contributed by atoms with E-state index < -0.39 is 0 Å². The van der Waals surface area contributed by atoms with Gasteiger partial charge in [0.1, 0.15) is 11.8 Å². The number of nitriles is 1. The summed E-state index contributed by atoms with van der Waals surface area (Å²) in [6.07, 6.45) is 1.39. The lowest BCUT2D eigenvalue weighted by Gasteiger charge is -2.18. The maximum absolute atomic E-state index is 12.3. The largest absolute Gasteiger partial charge is 0.309 e. The molecule has 0 bridgehead atoms. The van der Waals surface area contributed by atoms with Crippen molar-refractivity contribution in [2.75, 3.05) is 11.9 Å². The van der Waals surface area contributed by atoms with Gasteiger partial charge in [-0.2, -0.15) is 5.26 Å². The molecule has 0 fully saturated rings. The zero-order valence-electron chi connectivity index (χ0n) is 10.2. The molecule has 0 unspecified atom stereocenters. The Labute approximate surface area is 119 Å². The number of nitrogens with zero attached hydrogens (tertiary/aromatic N) is 3. The number of rotatable bonds is 2. The molecule has 0 radical (unpaired) electrons. The Balaban J connectivity index is 2.29. The minimum absolute atomic E-state index is 0.226. The van der Waals surface area contributed by atoms with Gasteiger partial charge in [-0.3, -0.25) is 4.79 Å². The number of halogens is 1. The van der Waals surface area contributed by atoms with Gasteiger partial charge in [0.2, 0.25) is 0 Å². The lowest BCUT2D eigenvalue weighted by Crippen LogP contribution is -2.27. The number of para-hydroxylation sites is 1. The van der Waals surface area contributed by atoms with E-state index in [2.05, 4.69) is 20.9 Å². The van der Waals surface area contributed by atoms with Gasteiger partial charge in [0.05, 0.1) is 11.3 Å². The maximum atomic E-state index is 12.3. The predicted octanol–water partition coefficient (Wildman–Crippen LogP) is 2.99. The van der Waals surface area contributed by atoms with Crippen molar-refractivity contribution >= 4 is 27.5 Å². The first kappa shape index (κ1) is 13.2. The normalized spacial score (nSPS) is 9.74. The van der Waals surface area contributed by atoms with Crippen LogP contribution in [0.2, 0.25) is 0 Å². The van der Waals surface area contributed by atoms with Crippen LogP contribution in [0.15, 0.2) is 47.1 Å². The number of pyridine rings is 1. The van der Waals surface area contributed by atoms with Gasteiger partial charge in [-0.15, -0.1) is 0 Å². The van der Waals surface area contributed by atoms with Crippen LogP contribution >= 0.6 is 15.9 Å². The van der Waals surface area contributed by atoms with Crippen molar-refractivity contribution in [2.24, 2.45) is 0 Å². The Morgan fingerprint density at radius 3 is 2.63 bits per heavy atom. The van der Waals surface area contributed by atoms with E-state index in [1.807, 2.05) is 30.3 Å². The van der Waals surface area contributed by atoms with Crippen LogP contribution in [0, 0.1) is 11.3 Å². The van der Waals surface area contributed by atoms with Gasteiger partial charge in [-0.1, -0.05) is 12.1 Å². The number of anilines is 1. The molecule has 1 aromatic heterocycles. The fourth-order valence-electron chi connectivity index (χ4n) is 1.59. The van der Waals surface area contributed by atoms with E-state index in [-0.39, 0.29) is 5.91 Å². The van der Waals surface area contributed by atoms with Crippen LogP contribution in [-0.2, 0) is 0 Å². The number of hydrogen-bond acceptors (Lipinski definition) is 3. The fraction of sp³-hybridized carbons (Fsp3) is 0.0714. The summed E-state index contributed by atoms with van der Waals surface area (Å²) in [6.45, 7) is 0. The first-order chi connectivity index (χ1) is 9.13. The molecule has 4 nitrogen and oxygen atoms in total. The Morgan fingerprint density at radius 2 is 2.05 bits per heavy atom. The smallest absolute Gasteiger partial charge is 0.276 e. The molecule has 94 valence electrons. The van der Waals surface area contributed by atoms with Crippen LogP contribution in [0.3, 0.4) is 0 Å². The molecule has 0 saturated heterocycles. The zero-order chi connectivity index (χ0) is 13.8. The van der Waals surface area contributed by atoms with Crippen molar-refractivity contribution in [3.05, 3.63) is 58.3 Å². The minimum Gasteiger partial charge on any atom is -0.309 e. The van der Waals surface area contributed by atoms with E-state index in [1.54, 1.807) is 19.2 Å². The van der Waals surface area contributed by atoms with Gasteiger partial charge < -0.3 is 4.90 Å². The summed E-state index contributed by atoms with van der Waals surface area (Å²) in [6, 6.07) is 12.5. The van der Waals surface area contributed by atoms with E-state index in [0.29, 0.717) is 11.3 Å². The predicted molar refractivity (Wildman–Crippen MR) is 75.8 cm³/mol. The molecular weight excluding hydrogens is 306 g/mol. The second-order valence-electron chi connectivity index (χ2n) is 3.86. The molecule has 19 heavy (non-hydrogen) atoms. The second kappa shape index (κ2) is 5.63. The minimum atomic E-state index is -0.226. The van der Waals surface area contributed by atoms with Crippen molar-refractivity contribution in [1.82, 2.24) is 4.98 Å². The highest BCUT2D eigenvalue weighted by atomic mass is 79.9. The molecule has 0 atom stereocenters. The highest BCUT2D eigenvalue weighted by Crippen LogP contribution is 2.25. The lowest BCUT2D eigenvalue weighted by molar-refractivity contribution is 0.0988. The quantitative estimate of drug-likeness (QED) is 0.856. The van der Waals surface area contributed by atoms with Gasteiger partial charge in [-0.25, -0.2) is 4.98 Å². The van der Waals surface area contributed by atoms with Gasteiger partial charge in [0, 0.05) is 17.7 Å². The highest BCUT2D eigenvalue weighted by Gasteiger charge is 2.16. The summed E-state index contributed by atoms with van der Waals surface area (Å²) in [4.78, 5) is 17.8. The molecule has 0 saturated carbocycles. The van der Waals surface area contributed by atoms with E-state index >= 15 is 0 Å². The SMILES string of the molecule is CN(C(=O)c1ccc(C#N)cn1)c1ccccc1Br. The third-order valence-electron chi connectivity index (χ3n) is 2.63. The van der Waals surface area contributed by atoms with E-state index in [1.165, 1.54) is 11.1 Å². The average molecular weight is 316 g/mol. The van der Waals surface area contributed by atoms with E-state index in [4.69, 9.17) is 5.26 Å². The van der Waals surface area contributed by atoms with Gasteiger partial charge in [0.15, 0.2) is 0 Å². The van der Waals surface area contributed by atoms with Crippen molar-refractivity contribution in [2.45, 2.75) is 0 Å². The maximum Gasteiger partial charge on any atom is 0.276 e. The molecule has 5 heteroatoms. The Bertz CT molecular complexity index is 646. The number of carbonyl (C=O) groups is 1. The van der Waals surface area contributed by atoms with Gasteiger partial charge in [0.25, 0.3) is 5.91 Å². The molecule has 0 aliphatic rings. The Morgan fingerprint density at radius 1 is 1.32 bits per heavy atom. The molecule has 1 heterocycles. The fourth-order valence-corrected chi connectivity index (χ4v) is 2.14. The molecular formula is C14H10BrN3O. The summed E-state index contributed by atoms with van der Waals surface area (Å²) >= 11 is 3.40. The molecule has 0 aliphatic heterocycles. The second-order valence-corrected chi connectivity index (χ2v) is 4.71. The summed E-state index contributed by atoms with van der Waals surface area (Å²) in [5, 5.41) is 8.70. The van der Waals surface area contributed by atoms with Crippen LogP contribution in [0.4, 0.5) is 5.69 Å². The van der Waals surface area contributed by atoms with Crippen LogP contribution in [-0.4, -0.2) is 17.9 Å². The van der Waals surface area contributed by atoms with Crippen LogP contribution in [0.25, 0.3) is 0 Å². The monoisotopic (exact) mass is 315 g/mol. The first-order valence-electron chi connectivity index (χ1n) is 5.52. The average Bonchev–Trinajstić information content (AvgIpc) is 2.46. The third-order valence-corrected chi connectivity index (χ3v) is 3.30. The number of amides is 1. The number of aromatic nitrogens is 1. The number of hydrogen-bond donors (Lipinski definition) is 0. The van der Waals surface area contributed by atoms with Crippen LogP contribution in [0.1, 0.15) is 16.1 Å². The number of benzene rings is 1. The number of carbonyl (C=O) groups excluding carboxylic acids is 1. The van der Waals surface area contributed by atoms with Crippen molar-refractivity contribution < 1.29 is 4.79 Å². The van der Waals surface area contributed by atoms with Gasteiger partial charge >= 0.3 is 0 Å². The van der Waals surface area contributed by atoms with Crippen LogP contribution in [0.5, 0.6) is 0 Å². The van der Waals surface area contributed by atoms with Gasteiger partial charge in [-0.05, 0) is 40.2 Å². The highest BCUT2D eigenvalue weighted by molar-refractivity contribution is 9.10. The lowest BCUT2D eigenvalue weighted by atomic mass is 10.2. The molecule has 0 spiro atoms. The molecule has 2 rings (SSSR count). The molecule has 0 aliphatic carbocycles. The summed E-state index contributed by atoms with van der Waals surface area (Å²) in [7, 11) is 1.68. The van der Waals surface area contributed by atoms with Crippen molar-refractivity contribution in [3.8, 4) is 6.07 Å². The van der Waals surface area contributed by atoms with Crippen molar-refractivity contribution in [3.63, 3.8) is 0 Å². The topological polar surface area (TPSA) is 57.0 Å².